The van der Waals surface area contributed by atoms with Crippen molar-refractivity contribution in [3.05, 3.63) is 45.7 Å². The number of amides is 1. The number of aromatic nitrogens is 2. The van der Waals surface area contributed by atoms with Gasteiger partial charge in [-0.05, 0) is 67.0 Å². The first-order valence-electron chi connectivity index (χ1n) is 7.40. The molecule has 5 nitrogen and oxygen atoms in total. The van der Waals surface area contributed by atoms with Crippen LogP contribution < -0.4 is 10.6 Å². The normalized spacial score (nSPS) is 16.9. The maximum absolute atomic E-state index is 12.2. The minimum atomic E-state index is -0.0187. The fourth-order valence-electron chi connectivity index (χ4n) is 2.68. The molecule has 3 rings (SSSR count). The lowest BCUT2D eigenvalue weighted by molar-refractivity contribution is 0.0940. The van der Waals surface area contributed by atoms with Crippen LogP contribution in [-0.4, -0.2) is 34.8 Å². The van der Waals surface area contributed by atoms with E-state index in [1.165, 1.54) is 0 Å². The Bertz CT molecular complexity index is 693. The van der Waals surface area contributed by atoms with E-state index in [1.807, 2.05) is 42.8 Å². The molecule has 1 aliphatic rings. The molecule has 1 unspecified atom stereocenters. The Balaban J connectivity index is 0.00000192. The van der Waals surface area contributed by atoms with Crippen molar-refractivity contribution in [2.75, 3.05) is 13.1 Å². The fraction of sp³-hybridized carbons (Fsp3) is 0.375. The molecule has 0 spiro atoms. The second-order valence-corrected chi connectivity index (χ2v) is 6.40. The molecule has 1 aromatic heterocycles. The van der Waals surface area contributed by atoms with E-state index in [2.05, 4.69) is 31.7 Å². The third-order valence-electron chi connectivity index (χ3n) is 3.97. The van der Waals surface area contributed by atoms with E-state index in [-0.39, 0.29) is 24.4 Å². The molecule has 0 radical (unpaired) electrons. The first kappa shape index (κ1) is 18.0. The zero-order valence-electron chi connectivity index (χ0n) is 13.1. The number of aryl methyl sites for hydroxylation is 1. The summed E-state index contributed by atoms with van der Waals surface area (Å²) in [6, 6.07) is 7.77. The van der Waals surface area contributed by atoms with Crippen molar-refractivity contribution in [2.24, 2.45) is 0 Å². The van der Waals surface area contributed by atoms with E-state index in [0.29, 0.717) is 5.56 Å². The van der Waals surface area contributed by atoms with Gasteiger partial charge in [0.1, 0.15) is 0 Å². The van der Waals surface area contributed by atoms with Gasteiger partial charge < -0.3 is 10.6 Å². The standard InChI is InChI=1S/C16H19BrN4O.ClH/c1-10-15(17)11(2)21(20-10)14-5-3-12(4-6-14)16(22)19-13-7-8-18-9-13;/h3-6,13,18H,7-9H2,1-2H3,(H,19,22);1H. The Kier molecular flexibility index (Phi) is 5.84. The third-order valence-corrected chi connectivity index (χ3v) is 5.12. The van der Waals surface area contributed by atoms with Gasteiger partial charge in [0.25, 0.3) is 5.91 Å². The predicted octanol–water partition coefficient (Wildman–Crippen LogP) is 2.77. The highest BCUT2D eigenvalue weighted by molar-refractivity contribution is 9.10. The van der Waals surface area contributed by atoms with Crippen molar-refractivity contribution in [3.8, 4) is 5.69 Å². The van der Waals surface area contributed by atoms with Crippen LogP contribution in [0.1, 0.15) is 28.2 Å². The number of rotatable bonds is 3. The van der Waals surface area contributed by atoms with Gasteiger partial charge in [0, 0.05) is 18.2 Å². The highest BCUT2D eigenvalue weighted by atomic mass is 79.9. The second-order valence-electron chi connectivity index (χ2n) is 5.61. The Morgan fingerprint density at radius 1 is 1.35 bits per heavy atom. The Morgan fingerprint density at radius 2 is 2.04 bits per heavy atom. The molecule has 1 atom stereocenters. The number of carbonyl (C=O) groups is 1. The summed E-state index contributed by atoms with van der Waals surface area (Å²) in [5.74, 6) is -0.0187. The van der Waals surface area contributed by atoms with Crippen molar-refractivity contribution in [1.82, 2.24) is 20.4 Å². The highest BCUT2D eigenvalue weighted by Gasteiger charge is 2.17. The predicted molar refractivity (Wildman–Crippen MR) is 96.7 cm³/mol. The summed E-state index contributed by atoms with van der Waals surface area (Å²) in [5.41, 5.74) is 3.63. The van der Waals surface area contributed by atoms with Gasteiger partial charge >= 0.3 is 0 Å². The zero-order valence-corrected chi connectivity index (χ0v) is 15.5. The fourth-order valence-corrected chi connectivity index (χ4v) is 2.92. The minimum Gasteiger partial charge on any atom is -0.348 e. The van der Waals surface area contributed by atoms with Crippen LogP contribution in [0.15, 0.2) is 28.7 Å². The van der Waals surface area contributed by atoms with Gasteiger partial charge in [-0.25, -0.2) is 4.68 Å². The number of nitrogens with zero attached hydrogens (tertiary/aromatic N) is 2. The lowest BCUT2D eigenvalue weighted by Crippen LogP contribution is -2.36. The van der Waals surface area contributed by atoms with Crippen LogP contribution in [0.3, 0.4) is 0 Å². The van der Waals surface area contributed by atoms with Crippen LogP contribution in [0.25, 0.3) is 5.69 Å². The molecule has 7 heteroatoms. The van der Waals surface area contributed by atoms with Crippen LogP contribution in [0.2, 0.25) is 0 Å². The van der Waals surface area contributed by atoms with Crippen molar-refractivity contribution in [1.29, 1.82) is 0 Å². The van der Waals surface area contributed by atoms with E-state index >= 15 is 0 Å². The van der Waals surface area contributed by atoms with E-state index in [0.717, 1.165) is 41.1 Å². The maximum atomic E-state index is 12.2. The van der Waals surface area contributed by atoms with Crippen molar-refractivity contribution < 1.29 is 4.79 Å². The molecule has 23 heavy (non-hydrogen) atoms. The zero-order chi connectivity index (χ0) is 15.7. The van der Waals surface area contributed by atoms with Crippen LogP contribution in [0.5, 0.6) is 0 Å². The summed E-state index contributed by atoms with van der Waals surface area (Å²) in [6.07, 6.45) is 0.990. The summed E-state index contributed by atoms with van der Waals surface area (Å²) in [6.45, 7) is 5.79. The lowest BCUT2D eigenvalue weighted by Gasteiger charge is -2.11. The summed E-state index contributed by atoms with van der Waals surface area (Å²) < 4.78 is 2.89. The number of nitrogens with one attached hydrogen (secondary N) is 2. The molecule has 0 aliphatic carbocycles. The van der Waals surface area contributed by atoms with E-state index < -0.39 is 0 Å². The number of benzene rings is 1. The van der Waals surface area contributed by atoms with E-state index in [1.54, 1.807) is 0 Å². The Hall–Kier alpha value is -1.37. The molecule has 1 amide bonds. The lowest BCUT2D eigenvalue weighted by atomic mass is 10.1. The van der Waals surface area contributed by atoms with E-state index in [9.17, 15) is 4.79 Å². The summed E-state index contributed by atoms with van der Waals surface area (Å²) in [7, 11) is 0. The average Bonchev–Trinajstić information content (AvgIpc) is 3.12. The number of carbonyl (C=O) groups excluding carboxylic acids is 1. The summed E-state index contributed by atoms with van der Waals surface area (Å²) >= 11 is 3.53. The maximum Gasteiger partial charge on any atom is 0.251 e. The van der Waals surface area contributed by atoms with Gasteiger partial charge in [0.15, 0.2) is 0 Å². The first-order valence-corrected chi connectivity index (χ1v) is 8.19. The van der Waals surface area contributed by atoms with Crippen molar-refractivity contribution in [2.45, 2.75) is 26.3 Å². The highest BCUT2D eigenvalue weighted by Crippen LogP contribution is 2.23. The third kappa shape index (κ3) is 3.76. The van der Waals surface area contributed by atoms with Gasteiger partial charge in [0.05, 0.1) is 21.5 Å². The molecule has 124 valence electrons. The van der Waals surface area contributed by atoms with E-state index in [4.69, 9.17) is 0 Å². The molecule has 2 aromatic rings. The number of hydrogen-bond donors (Lipinski definition) is 2. The van der Waals surface area contributed by atoms with Gasteiger partial charge in [-0.15, -0.1) is 12.4 Å². The van der Waals surface area contributed by atoms with Gasteiger partial charge in [0.2, 0.25) is 0 Å². The van der Waals surface area contributed by atoms with Crippen LogP contribution >= 0.6 is 28.3 Å². The molecule has 1 saturated heterocycles. The summed E-state index contributed by atoms with van der Waals surface area (Å²) in [4.78, 5) is 12.2. The van der Waals surface area contributed by atoms with Gasteiger partial charge in [-0.2, -0.15) is 5.10 Å². The molecule has 2 N–H and O–H groups in total. The topological polar surface area (TPSA) is 59.0 Å². The van der Waals surface area contributed by atoms with Crippen LogP contribution in [-0.2, 0) is 0 Å². The first-order chi connectivity index (χ1) is 10.6. The van der Waals surface area contributed by atoms with Crippen molar-refractivity contribution >= 4 is 34.2 Å². The minimum absolute atomic E-state index is 0. The van der Waals surface area contributed by atoms with Crippen LogP contribution in [0, 0.1) is 13.8 Å². The monoisotopic (exact) mass is 398 g/mol. The SMILES string of the molecule is Cc1nn(-c2ccc(C(=O)NC3CCNC3)cc2)c(C)c1Br.Cl. The molecular weight excluding hydrogens is 380 g/mol. The Labute approximate surface area is 150 Å². The number of hydrogen-bond acceptors (Lipinski definition) is 3. The molecule has 1 aromatic carbocycles. The second kappa shape index (κ2) is 7.47. The average molecular weight is 400 g/mol. The van der Waals surface area contributed by atoms with Gasteiger partial charge in [-0.1, -0.05) is 0 Å². The number of halogens is 2. The molecule has 0 saturated carbocycles. The molecular formula is C16H20BrClN4O. The Morgan fingerprint density at radius 3 is 2.57 bits per heavy atom. The van der Waals surface area contributed by atoms with Crippen molar-refractivity contribution in [3.63, 3.8) is 0 Å². The quantitative estimate of drug-likeness (QED) is 0.834. The summed E-state index contributed by atoms with van der Waals surface area (Å²) in [5, 5.41) is 10.8. The molecule has 1 fully saturated rings. The largest absolute Gasteiger partial charge is 0.348 e. The van der Waals surface area contributed by atoms with Gasteiger partial charge in [-0.3, -0.25) is 4.79 Å². The molecule has 0 bridgehead atoms. The smallest absolute Gasteiger partial charge is 0.251 e. The molecule has 2 heterocycles. The van der Waals surface area contributed by atoms with Crippen LogP contribution in [0.4, 0.5) is 0 Å². The molecule has 1 aliphatic heterocycles.